The second kappa shape index (κ2) is 11.9. The van der Waals surface area contributed by atoms with Gasteiger partial charge in [-0.3, -0.25) is 0 Å². The van der Waals surface area contributed by atoms with Gasteiger partial charge in [-0.05, 0) is 91.1 Å². The average molecular weight is 459 g/mol. The van der Waals surface area contributed by atoms with Crippen molar-refractivity contribution in [3.05, 3.63) is 99.6 Å². The zero-order valence-electron chi connectivity index (χ0n) is 19.2. The van der Waals surface area contributed by atoms with Gasteiger partial charge in [-0.1, -0.05) is 38.5 Å². The lowest BCUT2D eigenvalue weighted by atomic mass is 9.98. The van der Waals surface area contributed by atoms with E-state index in [0.29, 0.717) is 49.0 Å². The molecular formula is C28H30F4O. The van der Waals surface area contributed by atoms with Crippen molar-refractivity contribution in [2.45, 2.75) is 58.8 Å². The van der Waals surface area contributed by atoms with Gasteiger partial charge >= 0.3 is 0 Å². The fourth-order valence-electron chi connectivity index (χ4n) is 3.85. The molecule has 0 N–H and O–H groups in total. The van der Waals surface area contributed by atoms with Crippen molar-refractivity contribution in [3.63, 3.8) is 0 Å². The molecule has 0 fully saturated rings. The van der Waals surface area contributed by atoms with Crippen molar-refractivity contribution in [3.8, 4) is 5.75 Å². The summed E-state index contributed by atoms with van der Waals surface area (Å²) in [7, 11) is 0. The van der Waals surface area contributed by atoms with Crippen LogP contribution in [0.4, 0.5) is 17.6 Å². The van der Waals surface area contributed by atoms with Crippen LogP contribution in [0.3, 0.4) is 0 Å². The Kier molecular flexibility index (Phi) is 8.93. The molecule has 0 spiro atoms. The molecule has 33 heavy (non-hydrogen) atoms. The second-order valence-corrected chi connectivity index (χ2v) is 8.33. The van der Waals surface area contributed by atoms with Crippen molar-refractivity contribution in [2.75, 3.05) is 6.61 Å². The number of aryl methyl sites for hydroxylation is 4. The molecule has 3 aromatic carbocycles. The van der Waals surface area contributed by atoms with E-state index in [1.165, 1.54) is 24.3 Å². The average Bonchev–Trinajstić information content (AvgIpc) is 2.77. The molecule has 0 heterocycles. The molecule has 5 heteroatoms. The normalized spacial score (nSPS) is 11.1. The summed E-state index contributed by atoms with van der Waals surface area (Å²) in [5.41, 5.74) is 2.64. The molecule has 0 saturated heterocycles. The van der Waals surface area contributed by atoms with Gasteiger partial charge in [0.1, 0.15) is 17.5 Å². The predicted octanol–water partition coefficient (Wildman–Crippen LogP) is 7.55. The van der Waals surface area contributed by atoms with E-state index >= 15 is 0 Å². The van der Waals surface area contributed by atoms with Crippen molar-refractivity contribution < 1.29 is 22.3 Å². The number of benzene rings is 3. The van der Waals surface area contributed by atoms with Gasteiger partial charge in [-0.15, -0.1) is 0 Å². The molecule has 0 amide bonds. The van der Waals surface area contributed by atoms with E-state index in [-0.39, 0.29) is 23.6 Å². The molecule has 176 valence electrons. The highest BCUT2D eigenvalue weighted by Crippen LogP contribution is 2.22. The van der Waals surface area contributed by atoms with Crippen LogP contribution in [-0.4, -0.2) is 6.61 Å². The molecule has 0 unspecified atom stereocenters. The lowest BCUT2D eigenvalue weighted by molar-refractivity contribution is 0.301. The molecule has 0 atom stereocenters. The first-order valence-corrected chi connectivity index (χ1v) is 11.6. The van der Waals surface area contributed by atoms with Crippen LogP contribution in [0.2, 0.25) is 0 Å². The van der Waals surface area contributed by atoms with Crippen LogP contribution in [0.25, 0.3) is 0 Å². The van der Waals surface area contributed by atoms with Gasteiger partial charge in [0.05, 0.1) is 6.61 Å². The van der Waals surface area contributed by atoms with Crippen molar-refractivity contribution in [2.24, 2.45) is 0 Å². The molecule has 1 nitrogen and oxygen atoms in total. The number of hydrogen-bond acceptors (Lipinski definition) is 1. The fourth-order valence-corrected chi connectivity index (χ4v) is 3.85. The summed E-state index contributed by atoms with van der Waals surface area (Å²) < 4.78 is 62.7. The molecule has 0 saturated carbocycles. The van der Waals surface area contributed by atoms with E-state index < -0.39 is 17.5 Å². The first kappa shape index (κ1) is 24.8. The largest absolute Gasteiger partial charge is 0.491 e. The molecule has 3 rings (SSSR count). The lowest BCUT2D eigenvalue weighted by Gasteiger charge is -2.10. The lowest BCUT2D eigenvalue weighted by Crippen LogP contribution is -2.02. The fraction of sp³-hybridized carbons (Fsp3) is 0.357. The molecule has 0 radical (unpaired) electrons. The van der Waals surface area contributed by atoms with Gasteiger partial charge < -0.3 is 4.74 Å². The van der Waals surface area contributed by atoms with Gasteiger partial charge in [0.25, 0.3) is 0 Å². The summed E-state index contributed by atoms with van der Waals surface area (Å²) in [4.78, 5) is 0. The molecule has 0 aliphatic heterocycles. The van der Waals surface area contributed by atoms with Crippen LogP contribution in [0, 0.1) is 23.3 Å². The number of halogens is 4. The third-order valence-electron chi connectivity index (χ3n) is 5.66. The van der Waals surface area contributed by atoms with E-state index in [1.54, 1.807) is 24.3 Å². The Labute approximate surface area is 193 Å². The van der Waals surface area contributed by atoms with Crippen LogP contribution in [0.1, 0.15) is 54.5 Å². The van der Waals surface area contributed by atoms with Crippen molar-refractivity contribution >= 4 is 0 Å². The van der Waals surface area contributed by atoms with Gasteiger partial charge in [0, 0.05) is 5.56 Å². The van der Waals surface area contributed by atoms with Crippen LogP contribution in [0.5, 0.6) is 5.75 Å². The summed E-state index contributed by atoms with van der Waals surface area (Å²) in [6.45, 7) is 4.37. The molecule has 0 bridgehead atoms. The third kappa shape index (κ3) is 6.83. The first-order valence-electron chi connectivity index (χ1n) is 11.6. The zero-order valence-corrected chi connectivity index (χ0v) is 19.2. The van der Waals surface area contributed by atoms with Crippen LogP contribution in [-0.2, 0) is 32.1 Å². The Bertz CT molecular complexity index is 1050. The summed E-state index contributed by atoms with van der Waals surface area (Å²) in [5, 5.41) is 0. The molecule has 3 aromatic rings. The van der Waals surface area contributed by atoms with E-state index in [2.05, 4.69) is 0 Å². The Morgan fingerprint density at radius 1 is 0.576 bits per heavy atom. The molecular weight excluding hydrogens is 428 g/mol. The number of hydrogen-bond donors (Lipinski definition) is 0. The van der Waals surface area contributed by atoms with Gasteiger partial charge in [-0.2, -0.15) is 0 Å². The Balaban J connectivity index is 1.60. The number of rotatable bonds is 11. The highest BCUT2D eigenvalue weighted by Gasteiger charge is 2.12. The van der Waals surface area contributed by atoms with E-state index in [1.807, 2.05) is 13.8 Å². The quantitative estimate of drug-likeness (QED) is 0.270. The number of ether oxygens (including phenoxy) is 1. The first-order chi connectivity index (χ1) is 15.9. The van der Waals surface area contributed by atoms with E-state index in [0.717, 1.165) is 18.4 Å². The summed E-state index contributed by atoms with van der Waals surface area (Å²) in [5.74, 6) is -1.65. The Hall–Kier alpha value is -2.82. The molecule has 0 aromatic heterocycles. The van der Waals surface area contributed by atoms with Crippen LogP contribution >= 0.6 is 0 Å². The van der Waals surface area contributed by atoms with Gasteiger partial charge in [0.2, 0.25) is 0 Å². The standard InChI is InChI=1S/C28H30F4O/c1-3-5-21-17-25(30)23(26(31)18-21)12-8-19-6-10-22(24(29)15-19)11-7-20-9-13-28(27(32)16-20)33-14-4-2/h6,9-10,13,15-18H,3-5,7-8,11-12,14H2,1-2H3. The second-order valence-electron chi connectivity index (χ2n) is 8.33. The topological polar surface area (TPSA) is 9.23 Å². The zero-order chi connectivity index (χ0) is 23.8. The maximum Gasteiger partial charge on any atom is 0.165 e. The van der Waals surface area contributed by atoms with E-state index in [4.69, 9.17) is 4.74 Å². The van der Waals surface area contributed by atoms with Crippen LogP contribution in [0.15, 0.2) is 48.5 Å². The maximum atomic E-state index is 14.6. The van der Waals surface area contributed by atoms with Crippen molar-refractivity contribution in [1.29, 1.82) is 0 Å². The van der Waals surface area contributed by atoms with Crippen LogP contribution < -0.4 is 4.74 Å². The highest BCUT2D eigenvalue weighted by molar-refractivity contribution is 5.32. The minimum absolute atomic E-state index is 0.0349. The minimum atomic E-state index is -0.547. The smallest absolute Gasteiger partial charge is 0.165 e. The predicted molar refractivity (Wildman–Crippen MR) is 124 cm³/mol. The summed E-state index contributed by atoms with van der Waals surface area (Å²) >= 11 is 0. The maximum absolute atomic E-state index is 14.6. The summed E-state index contributed by atoms with van der Waals surface area (Å²) in [6.07, 6.45) is 3.65. The Morgan fingerprint density at radius 2 is 1.18 bits per heavy atom. The SMILES string of the molecule is CCCOc1ccc(CCc2ccc(CCc3c(F)cc(CCC)cc3F)cc2F)cc1F. The Morgan fingerprint density at radius 3 is 1.79 bits per heavy atom. The van der Waals surface area contributed by atoms with Crippen molar-refractivity contribution in [1.82, 2.24) is 0 Å². The molecule has 0 aliphatic rings. The summed E-state index contributed by atoms with van der Waals surface area (Å²) in [6, 6.07) is 12.5. The van der Waals surface area contributed by atoms with E-state index in [9.17, 15) is 17.6 Å². The minimum Gasteiger partial charge on any atom is -0.491 e. The highest BCUT2D eigenvalue weighted by atomic mass is 19.1. The van der Waals surface area contributed by atoms with Gasteiger partial charge in [-0.25, -0.2) is 17.6 Å². The van der Waals surface area contributed by atoms with Gasteiger partial charge in [0.15, 0.2) is 11.6 Å². The molecule has 0 aliphatic carbocycles. The monoisotopic (exact) mass is 458 g/mol. The third-order valence-corrected chi connectivity index (χ3v) is 5.66.